The number of nitrogens with one attached hydrogen (secondary N) is 1. The molecule has 0 saturated heterocycles. The van der Waals surface area contributed by atoms with Gasteiger partial charge in [0.05, 0.1) is 18.6 Å². The lowest BCUT2D eigenvalue weighted by molar-refractivity contribution is -0.141. The first kappa shape index (κ1) is 31.1. The first-order chi connectivity index (χ1) is 18.8. The predicted molar refractivity (Wildman–Crippen MR) is 157 cm³/mol. The van der Waals surface area contributed by atoms with Crippen LogP contribution in [0.3, 0.4) is 0 Å². The van der Waals surface area contributed by atoms with Crippen LogP contribution in [-0.2, 0) is 32.6 Å². The molecule has 1 atom stereocenters. The maximum absolute atomic E-state index is 13.9. The van der Waals surface area contributed by atoms with Crippen LogP contribution in [0.2, 0.25) is 5.02 Å². The minimum Gasteiger partial charge on any atom is -0.497 e. The summed E-state index contributed by atoms with van der Waals surface area (Å²) < 4.78 is 32.8. The van der Waals surface area contributed by atoms with Crippen molar-refractivity contribution in [3.63, 3.8) is 0 Å². The minimum absolute atomic E-state index is 0.0119. The van der Waals surface area contributed by atoms with Gasteiger partial charge in [0, 0.05) is 30.6 Å². The average molecular weight is 586 g/mol. The van der Waals surface area contributed by atoms with E-state index in [4.69, 9.17) is 16.3 Å². The lowest BCUT2D eigenvalue weighted by Gasteiger charge is -2.34. The van der Waals surface area contributed by atoms with Crippen molar-refractivity contribution in [3.05, 3.63) is 95.0 Å². The van der Waals surface area contributed by atoms with E-state index in [9.17, 15) is 18.0 Å². The fraction of sp³-hybridized carbons (Fsp3) is 0.333. The van der Waals surface area contributed by atoms with Crippen molar-refractivity contribution < 1.29 is 22.7 Å². The van der Waals surface area contributed by atoms with E-state index in [1.54, 1.807) is 25.3 Å². The van der Waals surface area contributed by atoms with Crippen molar-refractivity contribution in [3.8, 4) is 5.75 Å². The molecule has 214 valence electrons. The van der Waals surface area contributed by atoms with Gasteiger partial charge >= 0.3 is 0 Å². The number of hydrogen-bond acceptors (Lipinski definition) is 5. The van der Waals surface area contributed by atoms with Crippen LogP contribution in [0.25, 0.3) is 0 Å². The lowest BCUT2D eigenvalue weighted by Crippen LogP contribution is -2.56. The molecule has 3 aromatic carbocycles. The largest absolute Gasteiger partial charge is 0.497 e. The number of likely N-dealkylation sites (N-methyl/N-ethyl adjacent to an activating group) is 1. The molecular formula is C30H36ClN3O5S. The van der Waals surface area contributed by atoms with Crippen molar-refractivity contribution in [1.29, 1.82) is 0 Å². The number of amides is 2. The van der Waals surface area contributed by atoms with Gasteiger partial charge in [0.25, 0.3) is 0 Å². The number of methoxy groups -OCH3 is 1. The van der Waals surface area contributed by atoms with Crippen LogP contribution in [0.15, 0.2) is 83.8 Å². The van der Waals surface area contributed by atoms with Crippen molar-refractivity contribution in [2.75, 3.05) is 20.7 Å². The van der Waals surface area contributed by atoms with Gasteiger partial charge in [-0.25, -0.2) is 8.42 Å². The predicted octanol–water partition coefficient (Wildman–Crippen LogP) is 4.52. The highest BCUT2D eigenvalue weighted by Gasteiger charge is 2.34. The summed E-state index contributed by atoms with van der Waals surface area (Å²) in [7, 11) is -1.11. The smallest absolute Gasteiger partial charge is 0.243 e. The molecule has 0 radical (unpaired) electrons. The Morgan fingerprint density at radius 3 is 2.17 bits per heavy atom. The van der Waals surface area contributed by atoms with Gasteiger partial charge in [0.2, 0.25) is 21.8 Å². The summed E-state index contributed by atoms with van der Waals surface area (Å²) in [6.45, 7) is 5.20. The molecule has 0 aliphatic rings. The van der Waals surface area contributed by atoms with Crippen LogP contribution in [0.1, 0.15) is 31.9 Å². The highest BCUT2D eigenvalue weighted by Crippen LogP contribution is 2.21. The van der Waals surface area contributed by atoms with Crippen LogP contribution >= 0.6 is 11.6 Å². The van der Waals surface area contributed by atoms with Gasteiger partial charge in [-0.05, 0) is 68.3 Å². The molecule has 0 fully saturated rings. The number of hydrogen-bond donors (Lipinski definition) is 1. The van der Waals surface area contributed by atoms with Gasteiger partial charge in [0.1, 0.15) is 11.8 Å². The molecule has 40 heavy (non-hydrogen) atoms. The van der Waals surface area contributed by atoms with E-state index in [1.165, 1.54) is 36.2 Å². The third-order valence-corrected chi connectivity index (χ3v) is 8.21. The topological polar surface area (TPSA) is 96.0 Å². The molecule has 8 nitrogen and oxygen atoms in total. The normalized spacial score (nSPS) is 12.6. The molecule has 1 N–H and O–H groups in total. The van der Waals surface area contributed by atoms with E-state index < -0.39 is 34.1 Å². The fourth-order valence-electron chi connectivity index (χ4n) is 4.13. The average Bonchev–Trinajstić information content (AvgIpc) is 2.90. The zero-order valence-electron chi connectivity index (χ0n) is 23.4. The van der Waals surface area contributed by atoms with Crippen LogP contribution in [0, 0.1) is 0 Å². The van der Waals surface area contributed by atoms with E-state index in [0.717, 1.165) is 15.4 Å². The molecule has 0 aliphatic heterocycles. The second-order valence-corrected chi connectivity index (χ2v) is 13.0. The molecule has 2 amide bonds. The maximum Gasteiger partial charge on any atom is 0.243 e. The van der Waals surface area contributed by atoms with E-state index in [1.807, 2.05) is 57.2 Å². The Bertz CT molecular complexity index is 1410. The van der Waals surface area contributed by atoms with Crippen LogP contribution in [0.5, 0.6) is 5.75 Å². The SMILES string of the molecule is COc1cccc(CN(C(=O)CN(C)S(=O)(=O)c2ccc(Cl)cc2)[C@H](Cc2ccccc2)C(=O)NC(C)(C)C)c1. The zero-order chi connectivity index (χ0) is 29.5. The van der Waals surface area contributed by atoms with Gasteiger partial charge in [-0.15, -0.1) is 0 Å². The second-order valence-electron chi connectivity index (χ2n) is 10.5. The summed E-state index contributed by atoms with van der Waals surface area (Å²) in [6, 6.07) is 21.4. The van der Waals surface area contributed by atoms with Gasteiger partial charge in [0.15, 0.2) is 0 Å². The quantitative estimate of drug-likeness (QED) is 0.357. The van der Waals surface area contributed by atoms with Gasteiger partial charge in [-0.3, -0.25) is 9.59 Å². The first-order valence-electron chi connectivity index (χ1n) is 12.8. The van der Waals surface area contributed by atoms with E-state index in [-0.39, 0.29) is 23.8 Å². The monoisotopic (exact) mass is 585 g/mol. The number of ether oxygens (including phenoxy) is 1. The van der Waals surface area contributed by atoms with Crippen LogP contribution in [0.4, 0.5) is 0 Å². The Hall–Kier alpha value is -3.40. The van der Waals surface area contributed by atoms with Crippen molar-refractivity contribution in [2.24, 2.45) is 0 Å². The first-order valence-corrected chi connectivity index (χ1v) is 14.6. The highest BCUT2D eigenvalue weighted by atomic mass is 35.5. The molecule has 0 saturated carbocycles. The van der Waals surface area contributed by atoms with Gasteiger partial charge in [-0.1, -0.05) is 54.1 Å². The number of nitrogens with zero attached hydrogens (tertiary/aromatic N) is 2. The Balaban J connectivity index is 2.01. The molecule has 3 aromatic rings. The number of carbonyl (C=O) groups is 2. The summed E-state index contributed by atoms with van der Waals surface area (Å²) >= 11 is 5.93. The van der Waals surface area contributed by atoms with Crippen LogP contribution in [-0.4, -0.2) is 61.7 Å². The Kier molecular flexibility index (Phi) is 10.4. The highest BCUT2D eigenvalue weighted by molar-refractivity contribution is 7.89. The molecule has 0 spiro atoms. The number of sulfonamides is 1. The third kappa shape index (κ3) is 8.55. The summed E-state index contributed by atoms with van der Waals surface area (Å²) in [4.78, 5) is 29.1. The molecule has 0 aromatic heterocycles. The molecular weight excluding hydrogens is 550 g/mol. The summed E-state index contributed by atoms with van der Waals surface area (Å²) in [5, 5.41) is 3.39. The molecule has 10 heteroatoms. The number of halogens is 1. The number of benzene rings is 3. The van der Waals surface area contributed by atoms with E-state index >= 15 is 0 Å². The van der Waals surface area contributed by atoms with Crippen LogP contribution < -0.4 is 10.1 Å². The summed E-state index contributed by atoms with van der Waals surface area (Å²) in [6.07, 6.45) is 0.242. The maximum atomic E-state index is 13.9. The molecule has 3 rings (SSSR count). The fourth-order valence-corrected chi connectivity index (χ4v) is 5.37. The van der Waals surface area contributed by atoms with E-state index in [0.29, 0.717) is 10.8 Å². The van der Waals surface area contributed by atoms with E-state index in [2.05, 4.69) is 5.32 Å². The summed E-state index contributed by atoms with van der Waals surface area (Å²) in [5.41, 5.74) is 1.05. The second kappa shape index (κ2) is 13.3. The van der Waals surface area contributed by atoms with Crippen molar-refractivity contribution in [2.45, 2.75) is 50.2 Å². The third-order valence-electron chi connectivity index (χ3n) is 6.14. The Morgan fingerprint density at radius 2 is 1.57 bits per heavy atom. The molecule has 0 heterocycles. The zero-order valence-corrected chi connectivity index (χ0v) is 25.0. The number of carbonyl (C=O) groups excluding carboxylic acids is 2. The van der Waals surface area contributed by atoms with Crippen molar-refractivity contribution >= 4 is 33.4 Å². The number of rotatable bonds is 11. The standard InChI is InChI=1S/C30H36ClN3O5S/c1-30(2,3)32-29(36)27(19-22-10-7-6-8-11-22)34(20-23-12-9-13-25(18-23)39-5)28(35)21-33(4)40(37,38)26-16-14-24(31)15-17-26/h6-18,27H,19-21H2,1-5H3,(H,32,36)/t27-/m1/s1. The van der Waals surface area contributed by atoms with Gasteiger partial charge in [-0.2, -0.15) is 4.31 Å². The minimum atomic E-state index is -3.99. The van der Waals surface area contributed by atoms with Gasteiger partial charge < -0.3 is 15.0 Å². The Morgan fingerprint density at radius 1 is 0.950 bits per heavy atom. The Labute approximate surface area is 241 Å². The molecule has 0 aliphatic carbocycles. The molecule has 0 unspecified atom stereocenters. The van der Waals surface area contributed by atoms with Crippen molar-refractivity contribution in [1.82, 2.24) is 14.5 Å². The lowest BCUT2D eigenvalue weighted by atomic mass is 10.0. The molecule has 0 bridgehead atoms. The summed E-state index contributed by atoms with van der Waals surface area (Å²) in [5.74, 6) is -0.255.